The lowest BCUT2D eigenvalue weighted by Gasteiger charge is -2.27. The molecule has 0 fully saturated rings. The molecule has 1 unspecified atom stereocenters. The molecule has 12 rings (SSSR count). The van der Waals surface area contributed by atoms with Gasteiger partial charge in [-0.3, -0.25) is 9.56 Å². The first-order chi connectivity index (χ1) is 29.4. The third kappa shape index (κ3) is 5.03. The van der Waals surface area contributed by atoms with Crippen molar-refractivity contribution in [3.63, 3.8) is 0 Å². The van der Waals surface area contributed by atoms with Gasteiger partial charge in [0.2, 0.25) is 11.6 Å². The van der Waals surface area contributed by atoms with Crippen molar-refractivity contribution in [3.05, 3.63) is 133 Å². The van der Waals surface area contributed by atoms with Gasteiger partial charge in [0, 0.05) is 84.4 Å². The molecule has 0 radical (unpaired) electrons. The van der Waals surface area contributed by atoms with Gasteiger partial charge < -0.3 is 28.9 Å². The van der Waals surface area contributed by atoms with Gasteiger partial charge in [-0.15, -0.1) is 0 Å². The molecule has 0 spiro atoms. The van der Waals surface area contributed by atoms with E-state index >= 15 is 0 Å². The molecule has 60 heavy (non-hydrogen) atoms. The number of benzene rings is 2. The first-order valence-corrected chi connectivity index (χ1v) is 19.6. The maximum atomic E-state index is 5.31. The Morgan fingerprint density at radius 1 is 0.650 bits per heavy atom. The number of anilines is 4. The highest BCUT2D eigenvalue weighted by Gasteiger charge is 2.31. The summed E-state index contributed by atoms with van der Waals surface area (Å²) in [6.45, 7) is 4.01. The molecule has 3 aromatic carbocycles. The SMILES string of the molecule is Cc1ncn(C)c1Nc1cc(-n2cccc2)cc2c1C(c1nc3ncnc4nc(-n5cnc6cc(-n7cccc7)cc(Nc7c(C)ncn7C)c65)c5ccc1c5n34)CC=N2. The monoisotopic (exact) mass is 788 g/mol. The van der Waals surface area contributed by atoms with Crippen molar-refractivity contribution in [2.24, 2.45) is 19.1 Å². The highest BCUT2D eigenvalue weighted by atomic mass is 15.2. The van der Waals surface area contributed by atoms with Crippen LogP contribution in [-0.2, 0) is 14.1 Å². The van der Waals surface area contributed by atoms with Crippen LogP contribution in [0.2, 0.25) is 0 Å². The van der Waals surface area contributed by atoms with Gasteiger partial charge in [-0.25, -0.2) is 34.3 Å². The van der Waals surface area contributed by atoms with Crippen molar-refractivity contribution in [3.8, 4) is 17.2 Å². The number of aliphatic imine (C=N–C) groups is 1. The maximum Gasteiger partial charge on any atom is 0.240 e. The normalized spacial score (nSPS) is 14.0. The Kier molecular flexibility index (Phi) is 7.17. The minimum atomic E-state index is -0.160. The summed E-state index contributed by atoms with van der Waals surface area (Å²) in [7, 11) is 3.98. The Hall–Kier alpha value is -8.14. The minimum Gasteiger partial charge on any atom is -0.340 e. The molecule has 1 aliphatic heterocycles. The van der Waals surface area contributed by atoms with Gasteiger partial charge in [0.25, 0.3) is 0 Å². The number of hydrogen-bond acceptors (Lipinski definition) is 10. The zero-order chi connectivity index (χ0) is 40.2. The third-order valence-corrected chi connectivity index (χ3v) is 11.6. The van der Waals surface area contributed by atoms with Crippen LogP contribution < -0.4 is 10.6 Å². The molecule has 9 heterocycles. The van der Waals surface area contributed by atoms with E-state index in [-0.39, 0.29) is 5.92 Å². The van der Waals surface area contributed by atoms with Crippen LogP contribution in [0.5, 0.6) is 0 Å². The van der Waals surface area contributed by atoms with Crippen molar-refractivity contribution >= 4 is 73.8 Å². The molecular formula is C44H36N16. The molecule has 1 aliphatic rings. The summed E-state index contributed by atoms with van der Waals surface area (Å²) in [4.78, 5) is 39.0. The van der Waals surface area contributed by atoms with E-state index < -0.39 is 0 Å². The number of fused-ring (bicyclic) bond motifs is 2. The quantitative estimate of drug-likeness (QED) is 0.156. The predicted octanol–water partition coefficient (Wildman–Crippen LogP) is 7.99. The molecule has 1 atom stereocenters. The largest absolute Gasteiger partial charge is 0.340 e. The summed E-state index contributed by atoms with van der Waals surface area (Å²) in [5.74, 6) is 3.33. The molecule has 0 aliphatic carbocycles. The third-order valence-electron chi connectivity index (χ3n) is 11.6. The van der Waals surface area contributed by atoms with Crippen molar-refractivity contribution in [2.45, 2.75) is 26.2 Å². The molecular weight excluding hydrogens is 753 g/mol. The molecule has 0 bridgehead atoms. The summed E-state index contributed by atoms with van der Waals surface area (Å²) < 4.78 is 12.2. The number of hydrogen-bond donors (Lipinski definition) is 2. The van der Waals surface area contributed by atoms with Crippen LogP contribution in [0, 0.1) is 13.8 Å². The van der Waals surface area contributed by atoms with E-state index in [0.717, 1.165) is 90.0 Å². The lowest BCUT2D eigenvalue weighted by Crippen LogP contribution is -2.15. The second-order valence-corrected chi connectivity index (χ2v) is 15.3. The van der Waals surface area contributed by atoms with E-state index in [9.17, 15) is 0 Å². The highest BCUT2D eigenvalue weighted by molar-refractivity contribution is 6.06. The second kappa shape index (κ2) is 12.7. The van der Waals surface area contributed by atoms with E-state index in [1.165, 1.54) is 6.33 Å². The van der Waals surface area contributed by atoms with Gasteiger partial charge in [0.1, 0.15) is 24.3 Å². The van der Waals surface area contributed by atoms with Crippen LogP contribution in [0.3, 0.4) is 0 Å². The molecule has 0 amide bonds. The van der Waals surface area contributed by atoms with Gasteiger partial charge in [0.05, 0.1) is 57.7 Å². The topological polar surface area (TPSA) is 156 Å². The van der Waals surface area contributed by atoms with Gasteiger partial charge in [-0.2, -0.15) is 4.98 Å². The number of nitrogens with one attached hydrogen (secondary N) is 2. The number of imidazole rings is 3. The van der Waals surface area contributed by atoms with E-state index in [2.05, 4.69) is 70.7 Å². The van der Waals surface area contributed by atoms with Crippen LogP contribution >= 0.6 is 0 Å². The number of aryl methyl sites for hydroxylation is 4. The van der Waals surface area contributed by atoms with Crippen molar-refractivity contribution in [2.75, 3.05) is 10.6 Å². The van der Waals surface area contributed by atoms with Crippen molar-refractivity contribution in [1.82, 2.24) is 62.1 Å². The summed E-state index contributed by atoms with van der Waals surface area (Å²) in [5, 5.41) is 9.35. The average molecular weight is 789 g/mol. The molecule has 16 nitrogen and oxygen atoms in total. The van der Waals surface area contributed by atoms with Crippen LogP contribution in [0.15, 0.2) is 116 Å². The molecule has 8 aromatic heterocycles. The summed E-state index contributed by atoms with van der Waals surface area (Å²) in [6.07, 6.45) is 17.8. The van der Waals surface area contributed by atoms with E-state index in [0.29, 0.717) is 23.8 Å². The summed E-state index contributed by atoms with van der Waals surface area (Å²) >= 11 is 0. The smallest absolute Gasteiger partial charge is 0.240 e. The lowest BCUT2D eigenvalue weighted by molar-refractivity contribution is 0.818. The molecule has 0 saturated carbocycles. The zero-order valence-corrected chi connectivity index (χ0v) is 33.0. The standard InChI is InChI=1S/C44H36N16/c1-25-40(55(3)22-48-25)51-33-18-27(57-13-5-6-14-57)17-32-36(33)29(11-12-45-32)37-30-9-10-31-38(30)60-43(53-37)46-21-47-44(60)54-42(31)59-24-50-34-19-28(58-15-7-8-16-58)20-35(39(34)59)52-41-26(2)49-23-56(41)4/h5-10,12-24,29,51-52H,11H2,1-4H3. The zero-order valence-electron chi connectivity index (χ0n) is 33.0. The molecule has 0 saturated heterocycles. The lowest BCUT2D eigenvalue weighted by atomic mass is 9.86. The van der Waals surface area contributed by atoms with Crippen molar-refractivity contribution < 1.29 is 0 Å². The molecule has 16 heteroatoms. The highest BCUT2D eigenvalue weighted by Crippen LogP contribution is 2.47. The number of aromatic nitrogens is 13. The maximum absolute atomic E-state index is 5.31. The fourth-order valence-corrected chi connectivity index (χ4v) is 8.79. The van der Waals surface area contributed by atoms with Gasteiger partial charge in [-0.1, -0.05) is 6.07 Å². The first kappa shape index (κ1) is 33.9. The van der Waals surface area contributed by atoms with Crippen LogP contribution in [0.4, 0.5) is 28.7 Å². The fourth-order valence-electron chi connectivity index (χ4n) is 8.79. The van der Waals surface area contributed by atoms with Gasteiger partial charge in [0.15, 0.2) is 5.82 Å². The molecule has 11 aromatic rings. The first-order valence-electron chi connectivity index (χ1n) is 19.6. The minimum absolute atomic E-state index is 0.160. The predicted molar refractivity (Wildman–Crippen MR) is 232 cm³/mol. The van der Waals surface area contributed by atoms with E-state index in [4.69, 9.17) is 29.9 Å². The van der Waals surface area contributed by atoms with Crippen molar-refractivity contribution in [1.29, 1.82) is 0 Å². The summed E-state index contributed by atoms with van der Waals surface area (Å²) in [6, 6.07) is 20.9. The second-order valence-electron chi connectivity index (χ2n) is 15.3. The van der Waals surface area contributed by atoms with Crippen LogP contribution in [0.25, 0.3) is 56.1 Å². The van der Waals surface area contributed by atoms with Gasteiger partial charge >= 0.3 is 0 Å². The van der Waals surface area contributed by atoms with Gasteiger partial charge in [-0.05, 0) is 74.9 Å². The number of rotatable bonds is 8. The Labute approximate surface area is 341 Å². The number of nitrogens with zero attached hydrogens (tertiary/aromatic N) is 14. The van der Waals surface area contributed by atoms with E-state index in [1.807, 2.05) is 116 Å². The Morgan fingerprint density at radius 3 is 1.97 bits per heavy atom. The average Bonchev–Trinajstić information content (AvgIpc) is 4.13. The van der Waals surface area contributed by atoms with Crippen LogP contribution in [0.1, 0.15) is 35.0 Å². The Morgan fingerprint density at radius 2 is 1.28 bits per heavy atom. The summed E-state index contributed by atoms with van der Waals surface area (Å²) in [5.41, 5.74) is 11.0. The fraction of sp³-hybridized carbons (Fsp3) is 0.136. The van der Waals surface area contributed by atoms with Crippen LogP contribution in [-0.4, -0.2) is 68.3 Å². The molecule has 2 N–H and O–H groups in total. The Balaban J connectivity index is 1.07. The molecule has 292 valence electrons. The van der Waals surface area contributed by atoms with E-state index in [1.54, 1.807) is 0 Å². The Bertz CT molecular complexity index is 3430.